The third-order valence-electron chi connectivity index (χ3n) is 4.25. The molecular weight excluding hydrogens is 364 g/mol. The highest BCUT2D eigenvalue weighted by Crippen LogP contribution is 2.19. The molecule has 2 aromatic rings. The summed E-state index contributed by atoms with van der Waals surface area (Å²) in [7, 11) is 1.56. The molecule has 2 unspecified atom stereocenters. The second kappa shape index (κ2) is 11.6. The molecule has 0 aliphatic rings. The van der Waals surface area contributed by atoms with Crippen molar-refractivity contribution in [1.82, 2.24) is 5.32 Å². The van der Waals surface area contributed by atoms with E-state index in [-0.39, 0.29) is 36.9 Å². The molecule has 0 aliphatic carbocycles. The number of nitrogens with one attached hydrogen (secondary N) is 1. The van der Waals surface area contributed by atoms with E-state index in [9.17, 15) is 4.79 Å². The minimum absolute atomic E-state index is 0. The molecule has 0 bridgehead atoms. The maximum atomic E-state index is 12.0. The van der Waals surface area contributed by atoms with Gasteiger partial charge < -0.3 is 20.5 Å². The number of methoxy groups -OCH3 is 1. The first-order valence-corrected chi connectivity index (χ1v) is 8.82. The van der Waals surface area contributed by atoms with Crippen LogP contribution in [0.2, 0.25) is 0 Å². The van der Waals surface area contributed by atoms with Crippen LogP contribution < -0.4 is 15.8 Å². The molecule has 1 amide bonds. The molecule has 2 atom stereocenters. The first-order chi connectivity index (χ1) is 12.5. The largest absolute Gasteiger partial charge is 0.489 e. The molecule has 148 valence electrons. The van der Waals surface area contributed by atoms with E-state index in [0.717, 1.165) is 16.9 Å². The Labute approximate surface area is 167 Å². The number of carbonyl (C=O) groups excluding carboxylic acids is 1. The third kappa shape index (κ3) is 7.59. The van der Waals surface area contributed by atoms with Crippen molar-refractivity contribution in [3.05, 3.63) is 65.2 Å². The highest BCUT2D eigenvalue weighted by Gasteiger charge is 2.14. The monoisotopic (exact) mass is 392 g/mol. The van der Waals surface area contributed by atoms with Crippen molar-refractivity contribution in [2.45, 2.75) is 39.0 Å². The summed E-state index contributed by atoms with van der Waals surface area (Å²) in [6.07, 6.45) is 0.00858. The summed E-state index contributed by atoms with van der Waals surface area (Å²) in [5.41, 5.74) is 8.93. The Hall–Kier alpha value is -2.08. The van der Waals surface area contributed by atoms with Gasteiger partial charge in [0.1, 0.15) is 12.4 Å². The quantitative estimate of drug-likeness (QED) is 0.684. The highest BCUT2D eigenvalue weighted by molar-refractivity contribution is 5.85. The van der Waals surface area contributed by atoms with E-state index < -0.39 is 0 Å². The van der Waals surface area contributed by atoms with Gasteiger partial charge in [-0.25, -0.2) is 0 Å². The van der Waals surface area contributed by atoms with Crippen LogP contribution in [0.3, 0.4) is 0 Å². The fourth-order valence-corrected chi connectivity index (χ4v) is 2.67. The number of nitrogens with two attached hydrogens (primary N) is 1. The molecule has 0 spiro atoms. The third-order valence-corrected chi connectivity index (χ3v) is 4.25. The summed E-state index contributed by atoms with van der Waals surface area (Å²) in [6.45, 7) is 4.87. The summed E-state index contributed by atoms with van der Waals surface area (Å²) in [5.74, 6) is 0.728. The molecule has 0 saturated heterocycles. The van der Waals surface area contributed by atoms with Gasteiger partial charge in [-0.1, -0.05) is 42.0 Å². The van der Waals surface area contributed by atoms with Crippen molar-refractivity contribution in [2.75, 3.05) is 13.7 Å². The van der Waals surface area contributed by atoms with E-state index in [0.29, 0.717) is 13.2 Å². The first kappa shape index (κ1) is 23.0. The van der Waals surface area contributed by atoms with Gasteiger partial charge in [0, 0.05) is 13.7 Å². The maximum absolute atomic E-state index is 12.0. The Balaban J connectivity index is 0.00000364. The second-order valence-electron chi connectivity index (χ2n) is 6.43. The van der Waals surface area contributed by atoms with E-state index in [1.54, 1.807) is 7.11 Å². The van der Waals surface area contributed by atoms with Crippen LogP contribution in [-0.2, 0) is 16.1 Å². The fourth-order valence-electron chi connectivity index (χ4n) is 2.67. The van der Waals surface area contributed by atoms with Gasteiger partial charge in [0.25, 0.3) is 0 Å². The van der Waals surface area contributed by atoms with E-state index >= 15 is 0 Å². The Kier molecular flexibility index (Phi) is 9.86. The minimum atomic E-state index is -0.250. The van der Waals surface area contributed by atoms with Crippen molar-refractivity contribution in [1.29, 1.82) is 0 Å². The molecule has 2 rings (SSSR count). The van der Waals surface area contributed by atoms with Crippen LogP contribution in [0.1, 0.15) is 36.1 Å². The van der Waals surface area contributed by atoms with Crippen LogP contribution in [0.5, 0.6) is 5.75 Å². The molecule has 0 heterocycles. The predicted octanol–water partition coefficient (Wildman–Crippen LogP) is 3.54. The molecule has 0 saturated carbocycles. The van der Waals surface area contributed by atoms with Gasteiger partial charge in [-0.3, -0.25) is 4.79 Å². The van der Waals surface area contributed by atoms with Crippen LogP contribution in [0.4, 0.5) is 0 Å². The standard InChI is InChI=1S/C21H28N2O3.ClH/c1-15-5-4-6-17(11-15)14-26-19-9-7-18(8-10-19)16(2)23-21(24)12-20(13-22)25-3;/h4-11,16,20H,12-14,22H2,1-3H3,(H,23,24);1H. The molecule has 5 nitrogen and oxygen atoms in total. The molecular formula is C21H29ClN2O3. The zero-order valence-corrected chi connectivity index (χ0v) is 16.9. The maximum Gasteiger partial charge on any atom is 0.223 e. The molecule has 6 heteroatoms. The summed E-state index contributed by atoms with van der Waals surface area (Å²) in [5, 5.41) is 2.96. The van der Waals surface area contributed by atoms with E-state index in [4.69, 9.17) is 15.2 Å². The van der Waals surface area contributed by atoms with Crippen LogP contribution in [0.25, 0.3) is 0 Å². The van der Waals surface area contributed by atoms with Gasteiger partial charge in [-0.2, -0.15) is 0 Å². The second-order valence-corrected chi connectivity index (χ2v) is 6.43. The number of halogens is 1. The summed E-state index contributed by atoms with van der Waals surface area (Å²) >= 11 is 0. The van der Waals surface area contributed by atoms with Crippen LogP contribution in [0.15, 0.2) is 48.5 Å². The summed E-state index contributed by atoms with van der Waals surface area (Å²) in [6, 6.07) is 15.9. The van der Waals surface area contributed by atoms with Crippen LogP contribution in [0, 0.1) is 6.92 Å². The van der Waals surface area contributed by atoms with Gasteiger partial charge in [0.2, 0.25) is 5.91 Å². The number of rotatable bonds is 9. The summed E-state index contributed by atoms with van der Waals surface area (Å²) < 4.78 is 11.0. The highest BCUT2D eigenvalue weighted by atomic mass is 35.5. The lowest BCUT2D eigenvalue weighted by Gasteiger charge is -2.17. The number of hydrogen-bond donors (Lipinski definition) is 2. The number of ether oxygens (including phenoxy) is 2. The van der Waals surface area contributed by atoms with Crippen molar-refractivity contribution in [2.24, 2.45) is 5.73 Å². The Morgan fingerprint density at radius 1 is 1.19 bits per heavy atom. The summed E-state index contributed by atoms with van der Waals surface area (Å²) in [4.78, 5) is 12.0. The lowest BCUT2D eigenvalue weighted by Crippen LogP contribution is -2.33. The van der Waals surface area contributed by atoms with Gasteiger partial charge >= 0.3 is 0 Å². The Morgan fingerprint density at radius 3 is 2.48 bits per heavy atom. The van der Waals surface area contributed by atoms with Gasteiger partial charge in [0.15, 0.2) is 0 Å². The van der Waals surface area contributed by atoms with E-state index in [1.807, 2.05) is 43.3 Å². The van der Waals surface area contributed by atoms with Crippen molar-refractivity contribution < 1.29 is 14.3 Å². The minimum Gasteiger partial charge on any atom is -0.489 e. The normalized spacial score (nSPS) is 12.6. The van der Waals surface area contributed by atoms with Gasteiger partial charge in [-0.05, 0) is 37.1 Å². The molecule has 0 aromatic heterocycles. The molecule has 27 heavy (non-hydrogen) atoms. The Morgan fingerprint density at radius 2 is 1.89 bits per heavy atom. The molecule has 0 fully saturated rings. The number of amides is 1. The smallest absolute Gasteiger partial charge is 0.223 e. The average molecular weight is 393 g/mol. The van der Waals surface area contributed by atoms with E-state index in [2.05, 4.69) is 24.4 Å². The molecule has 3 N–H and O–H groups in total. The number of carbonyl (C=O) groups is 1. The van der Waals surface area contributed by atoms with Crippen LogP contribution in [-0.4, -0.2) is 25.7 Å². The zero-order valence-electron chi connectivity index (χ0n) is 16.1. The predicted molar refractivity (Wildman–Crippen MR) is 110 cm³/mol. The molecule has 0 aliphatic heterocycles. The lowest BCUT2D eigenvalue weighted by atomic mass is 10.1. The van der Waals surface area contributed by atoms with Gasteiger partial charge in [-0.15, -0.1) is 12.4 Å². The molecule has 0 radical (unpaired) electrons. The zero-order chi connectivity index (χ0) is 18.9. The molecule has 2 aromatic carbocycles. The van der Waals surface area contributed by atoms with Crippen molar-refractivity contribution in [3.63, 3.8) is 0 Å². The number of hydrogen-bond acceptors (Lipinski definition) is 4. The number of benzene rings is 2. The number of aryl methyl sites for hydroxylation is 1. The average Bonchev–Trinajstić information content (AvgIpc) is 2.65. The van der Waals surface area contributed by atoms with Gasteiger partial charge in [0.05, 0.1) is 18.6 Å². The lowest BCUT2D eigenvalue weighted by molar-refractivity contribution is -0.124. The van der Waals surface area contributed by atoms with E-state index in [1.165, 1.54) is 5.56 Å². The fraction of sp³-hybridized carbons (Fsp3) is 0.381. The van der Waals surface area contributed by atoms with Crippen LogP contribution >= 0.6 is 12.4 Å². The topological polar surface area (TPSA) is 73.6 Å². The SMILES string of the molecule is COC(CN)CC(=O)NC(C)c1ccc(OCc2cccc(C)c2)cc1.Cl. The Bertz CT molecular complexity index is 703. The van der Waals surface area contributed by atoms with Crippen molar-refractivity contribution >= 4 is 18.3 Å². The first-order valence-electron chi connectivity index (χ1n) is 8.82. The van der Waals surface area contributed by atoms with Crippen molar-refractivity contribution in [3.8, 4) is 5.75 Å².